The molecule has 0 aliphatic rings. The van der Waals surface area contributed by atoms with Crippen molar-refractivity contribution in [1.29, 1.82) is 0 Å². The van der Waals surface area contributed by atoms with E-state index in [0.29, 0.717) is 29.5 Å². The molecular weight excluding hydrogens is 350 g/mol. The number of carbonyl (C=O) groups excluding carboxylic acids is 1. The summed E-state index contributed by atoms with van der Waals surface area (Å²) < 4.78 is 26.7. The molecule has 0 radical (unpaired) electrons. The maximum absolute atomic E-state index is 12.3. The lowest BCUT2D eigenvalue weighted by Crippen LogP contribution is -2.35. The summed E-state index contributed by atoms with van der Waals surface area (Å²) >= 11 is 0. The first-order valence-corrected chi connectivity index (χ1v) is 8.39. The Kier molecular flexibility index (Phi) is 7.16. The largest absolute Gasteiger partial charge is 0.497 e. The molecule has 0 saturated carbocycles. The molecule has 0 aliphatic heterocycles. The fraction of sp³-hybridized carbons (Fsp3) is 0.350. The first kappa shape index (κ1) is 20.2. The number of benzene rings is 2. The number of carbonyl (C=O) groups is 1. The van der Waals surface area contributed by atoms with Crippen molar-refractivity contribution in [2.24, 2.45) is 0 Å². The van der Waals surface area contributed by atoms with Crippen molar-refractivity contribution in [2.75, 3.05) is 28.4 Å². The third-order valence-electron chi connectivity index (χ3n) is 3.93. The van der Waals surface area contributed by atoms with Gasteiger partial charge in [0.1, 0.15) is 11.5 Å². The van der Waals surface area contributed by atoms with Gasteiger partial charge in [-0.15, -0.1) is 0 Å². The van der Waals surface area contributed by atoms with E-state index in [2.05, 4.69) is 5.32 Å². The van der Waals surface area contributed by atoms with Crippen LogP contribution in [0.3, 0.4) is 0 Å². The van der Waals surface area contributed by atoms with Crippen LogP contribution in [-0.2, 0) is 11.3 Å². The minimum atomic E-state index is -0.652. The molecule has 0 spiro atoms. The minimum absolute atomic E-state index is 0.237. The van der Waals surface area contributed by atoms with E-state index >= 15 is 0 Å². The Balaban J connectivity index is 1.99. The van der Waals surface area contributed by atoms with Gasteiger partial charge in [0, 0.05) is 6.54 Å². The van der Waals surface area contributed by atoms with Crippen LogP contribution in [0, 0.1) is 0 Å². The molecule has 0 unspecified atom stereocenters. The van der Waals surface area contributed by atoms with Crippen LogP contribution in [0.2, 0.25) is 0 Å². The van der Waals surface area contributed by atoms with Gasteiger partial charge in [0.2, 0.25) is 5.75 Å². The smallest absolute Gasteiger partial charge is 0.261 e. The van der Waals surface area contributed by atoms with E-state index in [-0.39, 0.29) is 5.91 Å². The zero-order valence-corrected chi connectivity index (χ0v) is 16.2. The van der Waals surface area contributed by atoms with Crippen LogP contribution in [0.25, 0.3) is 0 Å². The highest BCUT2D eigenvalue weighted by molar-refractivity contribution is 5.80. The van der Waals surface area contributed by atoms with E-state index in [4.69, 9.17) is 23.7 Å². The fourth-order valence-electron chi connectivity index (χ4n) is 2.48. The van der Waals surface area contributed by atoms with Crippen LogP contribution >= 0.6 is 0 Å². The van der Waals surface area contributed by atoms with E-state index in [1.54, 1.807) is 71.8 Å². The molecule has 0 bridgehead atoms. The van der Waals surface area contributed by atoms with Crippen LogP contribution in [-0.4, -0.2) is 40.5 Å². The van der Waals surface area contributed by atoms with Crippen molar-refractivity contribution < 1.29 is 28.5 Å². The second-order valence-electron chi connectivity index (χ2n) is 5.69. The zero-order chi connectivity index (χ0) is 19.8. The Morgan fingerprint density at radius 1 is 0.889 bits per heavy atom. The lowest BCUT2D eigenvalue weighted by Gasteiger charge is -2.17. The molecule has 7 heteroatoms. The summed E-state index contributed by atoms with van der Waals surface area (Å²) in [6, 6.07) is 10.6. The van der Waals surface area contributed by atoms with Crippen molar-refractivity contribution in [3.63, 3.8) is 0 Å². The van der Waals surface area contributed by atoms with Crippen molar-refractivity contribution in [3.05, 3.63) is 42.0 Å². The second kappa shape index (κ2) is 9.56. The Hall–Kier alpha value is -3.09. The van der Waals surface area contributed by atoms with Crippen molar-refractivity contribution in [3.8, 4) is 28.7 Å². The Labute approximate surface area is 159 Å². The van der Waals surface area contributed by atoms with Crippen LogP contribution in [0.4, 0.5) is 0 Å². The highest BCUT2D eigenvalue weighted by Gasteiger charge is 2.17. The highest BCUT2D eigenvalue weighted by atomic mass is 16.5. The molecule has 7 nitrogen and oxygen atoms in total. The first-order valence-electron chi connectivity index (χ1n) is 8.39. The third kappa shape index (κ3) is 5.20. The van der Waals surface area contributed by atoms with Crippen molar-refractivity contribution in [2.45, 2.75) is 19.6 Å². The number of hydrogen-bond acceptors (Lipinski definition) is 6. The van der Waals surface area contributed by atoms with Gasteiger partial charge in [0.25, 0.3) is 5.91 Å². The van der Waals surface area contributed by atoms with Gasteiger partial charge in [-0.1, -0.05) is 0 Å². The number of nitrogens with one attached hydrogen (secondary N) is 1. The monoisotopic (exact) mass is 375 g/mol. The van der Waals surface area contributed by atoms with E-state index in [1.165, 1.54) is 0 Å². The van der Waals surface area contributed by atoms with Crippen molar-refractivity contribution >= 4 is 5.91 Å². The van der Waals surface area contributed by atoms with Gasteiger partial charge < -0.3 is 29.0 Å². The van der Waals surface area contributed by atoms with Crippen molar-refractivity contribution in [1.82, 2.24) is 5.32 Å². The minimum Gasteiger partial charge on any atom is -0.497 e. The molecule has 0 aliphatic carbocycles. The summed E-state index contributed by atoms with van der Waals surface area (Å²) in [5, 5.41) is 2.84. The molecule has 146 valence electrons. The summed E-state index contributed by atoms with van der Waals surface area (Å²) in [4.78, 5) is 12.3. The summed E-state index contributed by atoms with van der Waals surface area (Å²) in [6.07, 6.45) is -0.652. The van der Waals surface area contributed by atoms with Gasteiger partial charge in [-0.3, -0.25) is 4.79 Å². The first-order chi connectivity index (χ1) is 13.0. The Bertz CT molecular complexity index is 735. The fourth-order valence-corrected chi connectivity index (χ4v) is 2.48. The van der Waals surface area contributed by atoms with E-state index in [9.17, 15) is 4.79 Å². The molecule has 1 N–H and O–H groups in total. The summed E-state index contributed by atoms with van der Waals surface area (Å²) in [6.45, 7) is 1.99. The highest BCUT2D eigenvalue weighted by Crippen LogP contribution is 2.38. The lowest BCUT2D eigenvalue weighted by molar-refractivity contribution is -0.127. The molecule has 2 aromatic rings. The quantitative estimate of drug-likeness (QED) is 0.726. The van der Waals surface area contributed by atoms with Gasteiger partial charge in [-0.2, -0.15) is 0 Å². The van der Waals surface area contributed by atoms with Gasteiger partial charge in [0.05, 0.1) is 28.4 Å². The van der Waals surface area contributed by atoms with Crippen LogP contribution in [0.5, 0.6) is 28.7 Å². The standard InChI is InChI=1S/C20H25NO6/c1-13(27-16-8-6-15(23-2)7-9-16)20(22)21-12-14-10-17(24-3)19(26-5)18(11-14)25-4/h6-11,13H,12H2,1-5H3,(H,21,22)/t13-/m1/s1. The van der Waals surface area contributed by atoms with Gasteiger partial charge >= 0.3 is 0 Å². The topological polar surface area (TPSA) is 75.3 Å². The van der Waals surface area contributed by atoms with Gasteiger partial charge in [-0.05, 0) is 48.9 Å². The molecule has 2 aromatic carbocycles. The van der Waals surface area contributed by atoms with Gasteiger partial charge in [0.15, 0.2) is 17.6 Å². The number of methoxy groups -OCH3 is 4. The van der Waals surface area contributed by atoms with E-state index in [0.717, 1.165) is 11.3 Å². The molecule has 0 aromatic heterocycles. The average Bonchev–Trinajstić information content (AvgIpc) is 2.71. The van der Waals surface area contributed by atoms with Crippen LogP contribution in [0.15, 0.2) is 36.4 Å². The number of amides is 1. The summed E-state index contributed by atoms with van der Waals surface area (Å²) in [5.74, 6) is 2.64. The molecule has 2 rings (SSSR count). The summed E-state index contributed by atoms with van der Waals surface area (Å²) in [5.41, 5.74) is 0.814. The zero-order valence-electron chi connectivity index (χ0n) is 16.2. The van der Waals surface area contributed by atoms with Crippen LogP contribution in [0.1, 0.15) is 12.5 Å². The van der Waals surface area contributed by atoms with Crippen LogP contribution < -0.4 is 29.0 Å². The predicted molar refractivity (Wildman–Crippen MR) is 101 cm³/mol. The second-order valence-corrected chi connectivity index (χ2v) is 5.69. The molecule has 0 fully saturated rings. The molecule has 1 atom stereocenters. The summed E-state index contributed by atoms with van der Waals surface area (Å²) in [7, 11) is 6.23. The molecule has 27 heavy (non-hydrogen) atoms. The molecule has 0 saturated heterocycles. The molecular formula is C20H25NO6. The Morgan fingerprint density at radius 2 is 1.44 bits per heavy atom. The number of ether oxygens (including phenoxy) is 5. The SMILES string of the molecule is COc1ccc(O[C@H](C)C(=O)NCc2cc(OC)c(OC)c(OC)c2)cc1. The maximum Gasteiger partial charge on any atom is 0.261 e. The number of rotatable bonds is 9. The molecule has 1 amide bonds. The van der Waals surface area contributed by atoms with Gasteiger partial charge in [-0.25, -0.2) is 0 Å². The maximum atomic E-state index is 12.3. The lowest BCUT2D eigenvalue weighted by atomic mass is 10.1. The average molecular weight is 375 g/mol. The van der Waals surface area contributed by atoms with E-state index in [1.807, 2.05) is 0 Å². The Morgan fingerprint density at radius 3 is 1.93 bits per heavy atom. The number of hydrogen-bond donors (Lipinski definition) is 1. The third-order valence-corrected chi connectivity index (χ3v) is 3.93. The molecule has 0 heterocycles. The predicted octanol–water partition coefficient (Wildman–Crippen LogP) is 2.80. The normalized spacial score (nSPS) is 11.3. The van der Waals surface area contributed by atoms with E-state index < -0.39 is 6.10 Å².